The average Bonchev–Trinajstić information content (AvgIpc) is 3.07. The number of carbonyl (C=O) groups is 1. The summed E-state index contributed by atoms with van der Waals surface area (Å²) in [6, 6.07) is 0. The highest BCUT2D eigenvalue weighted by Gasteiger charge is 2.31. The van der Waals surface area contributed by atoms with Crippen molar-refractivity contribution < 1.29 is 4.79 Å². The van der Waals surface area contributed by atoms with Gasteiger partial charge in [-0.1, -0.05) is 0 Å². The molecular weight excluding hydrogens is 360 g/mol. The number of piperidine rings is 1. The summed E-state index contributed by atoms with van der Waals surface area (Å²) in [7, 11) is 0. The van der Waals surface area contributed by atoms with Crippen LogP contribution in [0.4, 0.5) is 10.9 Å². The molecule has 4 rings (SSSR count). The van der Waals surface area contributed by atoms with Gasteiger partial charge in [0, 0.05) is 62.5 Å². The van der Waals surface area contributed by atoms with E-state index in [0.717, 1.165) is 68.8 Å². The zero-order valence-electron chi connectivity index (χ0n) is 16.0. The van der Waals surface area contributed by atoms with Crippen LogP contribution in [0.5, 0.6) is 0 Å². The van der Waals surface area contributed by atoms with Crippen molar-refractivity contribution in [1.82, 2.24) is 19.9 Å². The topological polar surface area (TPSA) is 65.5 Å². The average molecular weight is 387 g/mol. The Balaban J connectivity index is 1.28. The molecule has 2 saturated heterocycles. The van der Waals surface area contributed by atoms with Gasteiger partial charge in [-0.2, -0.15) is 0 Å². The van der Waals surface area contributed by atoms with E-state index >= 15 is 0 Å². The maximum absolute atomic E-state index is 12.9. The van der Waals surface area contributed by atoms with E-state index in [1.54, 1.807) is 29.9 Å². The zero-order chi connectivity index (χ0) is 18.8. The monoisotopic (exact) mass is 386 g/mol. The molecule has 1 amide bonds. The van der Waals surface area contributed by atoms with Gasteiger partial charge in [0.15, 0.2) is 5.13 Å². The highest BCUT2D eigenvalue weighted by molar-refractivity contribution is 7.15. The first-order valence-electron chi connectivity index (χ1n) is 9.60. The Morgan fingerprint density at radius 3 is 2.37 bits per heavy atom. The first-order chi connectivity index (χ1) is 13.1. The van der Waals surface area contributed by atoms with Gasteiger partial charge in [-0.25, -0.2) is 9.97 Å². The minimum atomic E-state index is 0.133. The van der Waals surface area contributed by atoms with Crippen LogP contribution in [0.25, 0.3) is 0 Å². The van der Waals surface area contributed by atoms with E-state index in [-0.39, 0.29) is 5.92 Å². The van der Waals surface area contributed by atoms with Gasteiger partial charge in [0.25, 0.3) is 0 Å². The lowest BCUT2D eigenvalue weighted by atomic mass is 9.95. The summed E-state index contributed by atoms with van der Waals surface area (Å²) in [5.41, 5.74) is 1.11. The molecular formula is C19H26N6OS. The highest BCUT2D eigenvalue weighted by Crippen LogP contribution is 2.27. The molecule has 2 aromatic rings. The molecule has 2 fully saturated rings. The van der Waals surface area contributed by atoms with Gasteiger partial charge in [0.2, 0.25) is 5.91 Å². The van der Waals surface area contributed by atoms with E-state index in [9.17, 15) is 4.79 Å². The second kappa shape index (κ2) is 7.80. The zero-order valence-corrected chi connectivity index (χ0v) is 16.8. The molecule has 0 unspecified atom stereocenters. The van der Waals surface area contributed by atoms with Crippen molar-refractivity contribution in [2.45, 2.75) is 26.7 Å². The second-order valence-corrected chi connectivity index (χ2v) is 8.46. The number of piperazine rings is 1. The molecule has 0 radical (unpaired) electrons. The van der Waals surface area contributed by atoms with Gasteiger partial charge in [0.1, 0.15) is 5.82 Å². The molecule has 0 spiro atoms. The van der Waals surface area contributed by atoms with Crippen LogP contribution in [0.1, 0.15) is 23.4 Å². The number of aryl methyl sites for hydroxylation is 2. The third-order valence-corrected chi connectivity index (χ3v) is 6.73. The maximum atomic E-state index is 12.9. The Hall–Kier alpha value is -2.22. The molecule has 0 N–H and O–H groups in total. The van der Waals surface area contributed by atoms with Gasteiger partial charge < -0.3 is 14.7 Å². The van der Waals surface area contributed by atoms with E-state index < -0.39 is 0 Å². The Morgan fingerprint density at radius 1 is 1.04 bits per heavy atom. The van der Waals surface area contributed by atoms with E-state index in [1.165, 1.54) is 4.88 Å². The molecule has 0 bridgehead atoms. The van der Waals surface area contributed by atoms with Crippen LogP contribution < -0.4 is 9.80 Å². The molecule has 2 aromatic heterocycles. The van der Waals surface area contributed by atoms with Gasteiger partial charge in [-0.05, 0) is 26.7 Å². The second-order valence-electron chi connectivity index (χ2n) is 7.28. The molecule has 27 heavy (non-hydrogen) atoms. The Kier molecular flexibility index (Phi) is 5.24. The summed E-state index contributed by atoms with van der Waals surface area (Å²) in [4.78, 5) is 34.0. The number of nitrogens with zero attached hydrogens (tertiary/aromatic N) is 6. The highest BCUT2D eigenvalue weighted by atomic mass is 32.1. The van der Waals surface area contributed by atoms with Gasteiger partial charge >= 0.3 is 0 Å². The van der Waals surface area contributed by atoms with Crippen LogP contribution in [0.15, 0.2) is 18.6 Å². The van der Waals surface area contributed by atoms with Gasteiger partial charge in [-0.15, -0.1) is 11.3 Å². The fourth-order valence-electron chi connectivity index (χ4n) is 3.78. The Morgan fingerprint density at radius 2 is 1.78 bits per heavy atom. The largest absolute Gasteiger partial charge is 0.355 e. The van der Waals surface area contributed by atoms with Gasteiger partial charge in [-0.3, -0.25) is 9.78 Å². The van der Waals surface area contributed by atoms with Crippen LogP contribution >= 0.6 is 11.3 Å². The minimum absolute atomic E-state index is 0.133. The summed E-state index contributed by atoms with van der Waals surface area (Å²) >= 11 is 1.75. The van der Waals surface area contributed by atoms with Crippen molar-refractivity contribution in [3.8, 4) is 0 Å². The third kappa shape index (κ3) is 3.90. The number of thiazole rings is 1. The quantitative estimate of drug-likeness (QED) is 0.805. The van der Waals surface area contributed by atoms with Crippen molar-refractivity contribution in [2.24, 2.45) is 5.92 Å². The molecule has 0 atom stereocenters. The van der Waals surface area contributed by atoms with Crippen molar-refractivity contribution >= 4 is 28.2 Å². The third-order valence-electron chi connectivity index (χ3n) is 5.60. The van der Waals surface area contributed by atoms with E-state index in [2.05, 4.69) is 38.6 Å². The van der Waals surface area contributed by atoms with E-state index in [1.807, 2.05) is 4.90 Å². The molecule has 7 nitrogen and oxygen atoms in total. The molecule has 2 aliphatic rings. The number of aromatic nitrogens is 3. The lowest BCUT2D eigenvalue weighted by molar-refractivity contribution is -0.136. The number of hydrogen-bond acceptors (Lipinski definition) is 7. The molecule has 8 heteroatoms. The maximum Gasteiger partial charge on any atom is 0.225 e. The van der Waals surface area contributed by atoms with Crippen LogP contribution in [0.2, 0.25) is 0 Å². The Bertz CT molecular complexity index is 759. The number of amides is 1. The summed E-state index contributed by atoms with van der Waals surface area (Å²) in [5, 5.41) is 1.09. The lowest BCUT2D eigenvalue weighted by Crippen LogP contribution is -2.51. The summed E-state index contributed by atoms with van der Waals surface area (Å²) in [6.45, 7) is 9.24. The number of hydrogen-bond donors (Lipinski definition) is 0. The molecule has 4 heterocycles. The smallest absolute Gasteiger partial charge is 0.225 e. The predicted molar refractivity (Wildman–Crippen MR) is 107 cm³/mol. The van der Waals surface area contributed by atoms with Crippen molar-refractivity contribution in [1.29, 1.82) is 0 Å². The number of carbonyl (C=O) groups excluding carboxylic acids is 1. The summed E-state index contributed by atoms with van der Waals surface area (Å²) in [6.07, 6.45) is 6.98. The number of rotatable bonds is 3. The molecule has 144 valence electrons. The van der Waals surface area contributed by atoms with Crippen LogP contribution in [0.3, 0.4) is 0 Å². The van der Waals surface area contributed by atoms with Crippen molar-refractivity contribution in [3.05, 3.63) is 29.2 Å². The first-order valence-corrected chi connectivity index (χ1v) is 10.4. The summed E-state index contributed by atoms with van der Waals surface area (Å²) < 4.78 is 0. The lowest BCUT2D eigenvalue weighted by Gasteiger charge is -2.38. The van der Waals surface area contributed by atoms with E-state index in [0.29, 0.717) is 5.91 Å². The number of anilines is 2. The summed E-state index contributed by atoms with van der Waals surface area (Å²) in [5.74, 6) is 1.36. The van der Waals surface area contributed by atoms with E-state index in [4.69, 9.17) is 0 Å². The standard InChI is InChI=1S/C19H26N6OS/c1-14-15(2)27-19(22-14)25-11-9-24(10-12-25)18(26)16-3-7-23(8-4-16)17-13-20-5-6-21-17/h5-6,13,16H,3-4,7-12H2,1-2H3. The molecule has 0 aliphatic carbocycles. The van der Waals surface area contributed by atoms with Gasteiger partial charge in [0.05, 0.1) is 11.9 Å². The minimum Gasteiger partial charge on any atom is -0.355 e. The van der Waals surface area contributed by atoms with Crippen LogP contribution in [0, 0.1) is 19.8 Å². The molecule has 0 saturated carbocycles. The van der Waals surface area contributed by atoms with Crippen LogP contribution in [-0.4, -0.2) is 65.0 Å². The molecule has 2 aliphatic heterocycles. The predicted octanol–water partition coefficient (Wildman–Crippen LogP) is 2.12. The Labute approximate surface area is 164 Å². The fraction of sp³-hybridized carbons (Fsp3) is 0.579. The van der Waals surface area contributed by atoms with Crippen molar-refractivity contribution in [3.63, 3.8) is 0 Å². The van der Waals surface area contributed by atoms with Crippen LogP contribution in [-0.2, 0) is 4.79 Å². The fourth-order valence-corrected chi connectivity index (χ4v) is 4.74. The van der Waals surface area contributed by atoms with Crippen molar-refractivity contribution in [2.75, 3.05) is 49.1 Å². The first kappa shape index (κ1) is 18.2. The SMILES string of the molecule is Cc1nc(N2CCN(C(=O)C3CCN(c4cnccn4)CC3)CC2)sc1C. The molecule has 0 aromatic carbocycles. The normalized spacial score (nSPS) is 18.8.